The SMILES string of the molecule is COC(=O)c1ccc(CSc2nnc(NC(=O)CSC)s2)cc1. The Morgan fingerprint density at radius 1 is 1.26 bits per heavy atom. The van der Waals surface area contributed by atoms with E-state index in [4.69, 9.17) is 0 Å². The number of anilines is 1. The molecular weight excluding hydrogens is 354 g/mol. The molecule has 2 aromatic rings. The van der Waals surface area contributed by atoms with Gasteiger partial charge in [0, 0.05) is 5.75 Å². The summed E-state index contributed by atoms with van der Waals surface area (Å²) in [6, 6.07) is 7.22. The number of nitrogens with one attached hydrogen (secondary N) is 1. The summed E-state index contributed by atoms with van der Waals surface area (Å²) in [5.41, 5.74) is 1.58. The van der Waals surface area contributed by atoms with E-state index in [0.717, 1.165) is 9.90 Å². The van der Waals surface area contributed by atoms with Crippen molar-refractivity contribution >= 4 is 51.9 Å². The highest BCUT2D eigenvalue weighted by molar-refractivity contribution is 8.00. The lowest BCUT2D eigenvalue weighted by molar-refractivity contribution is -0.113. The predicted octanol–water partition coefficient (Wildman–Crippen LogP) is 2.92. The van der Waals surface area contributed by atoms with Gasteiger partial charge in [-0.2, -0.15) is 11.8 Å². The number of amides is 1. The van der Waals surface area contributed by atoms with Crippen LogP contribution in [0.15, 0.2) is 28.6 Å². The van der Waals surface area contributed by atoms with E-state index in [1.165, 1.54) is 42.0 Å². The number of ether oxygens (including phenoxy) is 1. The first-order chi connectivity index (χ1) is 11.1. The van der Waals surface area contributed by atoms with Crippen LogP contribution >= 0.6 is 34.9 Å². The number of esters is 1. The monoisotopic (exact) mass is 369 g/mol. The smallest absolute Gasteiger partial charge is 0.337 e. The molecule has 1 N–H and O–H groups in total. The number of carbonyl (C=O) groups is 2. The van der Waals surface area contributed by atoms with E-state index in [0.29, 0.717) is 22.2 Å². The highest BCUT2D eigenvalue weighted by atomic mass is 32.2. The van der Waals surface area contributed by atoms with Crippen LogP contribution in [0.2, 0.25) is 0 Å². The molecule has 0 aliphatic heterocycles. The Morgan fingerprint density at radius 2 is 2.00 bits per heavy atom. The summed E-state index contributed by atoms with van der Waals surface area (Å²) in [5.74, 6) is 0.672. The molecule has 1 aromatic carbocycles. The molecule has 1 heterocycles. The zero-order valence-electron chi connectivity index (χ0n) is 12.6. The van der Waals surface area contributed by atoms with Gasteiger partial charge in [0.05, 0.1) is 18.4 Å². The first-order valence-corrected chi connectivity index (χ1v) is 9.74. The average molecular weight is 369 g/mol. The molecule has 6 nitrogen and oxygen atoms in total. The first-order valence-electron chi connectivity index (χ1n) is 6.54. The molecule has 0 aliphatic carbocycles. The lowest BCUT2D eigenvalue weighted by Crippen LogP contribution is -2.13. The Kier molecular flexibility index (Phi) is 6.87. The number of benzene rings is 1. The van der Waals surface area contributed by atoms with Crippen molar-refractivity contribution in [2.24, 2.45) is 0 Å². The van der Waals surface area contributed by atoms with Crippen LogP contribution in [0.3, 0.4) is 0 Å². The molecule has 0 saturated carbocycles. The molecule has 0 spiro atoms. The lowest BCUT2D eigenvalue weighted by atomic mass is 10.1. The molecule has 9 heteroatoms. The van der Waals surface area contributed by atoms with Crippen molar-refractivity contribution in [1.29, 1.82) is 0 Å². The van der Waals surface area contributed by atoms with Gasteiger partial charge in [-0.25, -0.2) is 4.79 Å². The summed E-state index contributed by atoms with van der Waals surface area (Å²) in [6.45, 7) is 0. The zero-order chi connectivity index (χ0) is 16.7. The summed E-state index contributed by atoms with van der Waals surface area (Å²) >= 11 is 4.32. The van der Waals surface area contributed by atoms with Gasteiger partial charge in [0.1, 0.15) is 0 Å². The van der Waals surface area contributed by atoms with Crippen LogP contribution in [0.4, 0.5) is 5.13 Å². The van der Waals surface area contributed by atoms with Gasteiger partial charge in [0.2, 0.25) is 11.0 Å². The zero-order valence-corrected chi connectivity index (χ0v) is 15.0. The number of hydrogen-bond donors (Lipinski definition) is 1. The molecule has 0 atom stereocenters. The van der Waals surface area contributed by atoms with Crippen molar-refractivity contribution in [2.45, 2.75) is 10.1 Å². The minimum Gasteiger partial charge on any atom is -0.465 e. The Labute approximate surface area is 146 Å². The molecule has 1 aromatic heterocycles. The Balaban J connectivity index is 1.87. The number of hydrogen-bond acceptors (Lipinski definition) is 8. The fraction of sp³-hybridized carbons (Fsp3) is 0.286. The third kappa shape index (κ3) is 5.52. The summed E-state index contributed by atoms with van der Waals surface area (Å²) < 4.78 is 5.44. The van der Waals surface area contributed by atoms with Crippen molar-refractivity contribution in [1.82, 2.24) is 10.2 Å². The van der Waals surface area contributed by atoms with Gasteiger partial charge in [-0.15, -0.1) is 10.2 Å². The standard InChI is InChI=1S/C14H15N3O3S3/c1-20-12(19)10-5-3-9(4-6-10)7-22-14-17-16-13(23-14)15-11(18)8-21-2/h3-6H,7-8H2,1-2H3,(H,15,16,18). The second-order valence-corrected chi connectivity index (χ2v) is 7.40. The summed E-state index contributed by atoms with van der Waals surface area (Å²) in [7, 11) is 1.36. The number of thioether (sulfide) groups is 2. The second kappa shape index (κ2) is 8.90. The third-order valence-electron chi connectivity index (χ3n) is 2.67. The highest BCUT2D eigenvalue weighted by Crippen LogP contribution is 2.28. The molecule has 0 radical (unpaired) electrons. The maximum Gasteiger partial charge on any atom is 0.337 e. The fourth-order valence-electron chi connectivity index (χ4n) is 1.61. The Hall–Kier alpha value is -1.58. The van der Waals surface area contributed by atoms with Crippen LogP contribution in [-0.2, 0) is 15.3 Å². The minimum absolute atomic E-state index is 0.0800. The van der Waals surface area contributed by atoms with Gasteiger partial charge >= 0.3 is 5.97 Å². The van der Waals surface area contributed by atoms with E-state index in [1.807, 2.05) is 18.4 Å². The van der Waals surface area contributed by atoms with Crippen LogP contribution in [0.5, 0.6) is 0 Å². The second-order valence-electron chi connectivity index (χ2n) is 4.33. The molecule has 0 saturated heterocycles. The topological polar surface area (TPSA) is 81.2 Å². The summed E-state index contributed by atoms with van der Waals surface area (Å²) in [5, 5.41) is 11.2. The van der Waals surface area contributed by atoms with Gasteiger partial charge in [0.25, 0.3) is 0 Å². The molecule has 0 unspecified atom stereocenters. The van der Waals surface area contributed by atoms with Crippen LogP contribution in [0, 0.1) is 0 Å². The number of methoxy groups -OCH3 is 1. The van der Waals surface area contributed by atoms with Crippen molar-refractivity contribution in [3.05, 3.63) is 35.4 Å². The fourth-order valence-corrected chi connectivity index (χ4v) is 3.66. The number of aromatic nitrogens is 2. The van der Waals surface area contributed by atoms with E-state index in [-0.39, 0.29) is 11.9 Å². The lowest BCUT2D eigenvalue weighted by Gasteiger charge is -2.01. The van der Waals surface area contributed by atoms with E-state index in [9.17, 15) is 9.59 Å². The number of carbonyl (C=O) groups excluding carboxylic acids is 2. The van der Waals surface area contributed by atoms with Crippen LogP contribution < -0.4 is 5.32 Å². The molecule has 2 rings (SSSR count). The maximum absolute atomic E-state index is 11.5. The Morgan fingerprint density at radius 3 is 2.65 bits per heavy atom. The first kappa shape index (κ1) is 17.8. The van der Waals surface area contributed by atoms with E-state index >= 15 is 0 Å². The number of rotatable bonds is 7. The average Bonchev–Trinajstić information content (AvgIpc) is 3.00. The maximum atomic E-state index is 11.5. The van der Waals surface area contributed by atoms with E-state index < -0.39 is 0 Å². The van der Waals surface area contributed by atoms with Crippen molar-refractivity contribution in [3.63, 3.8) is 0 Å². The van der Waals surface area contributed by atoms with Crippen molar-refractivity contribution in [3.8, 4) is 0 Å². The molecule has 0 fully saturated rings. The normalized spacial score (nSPS) is 10.3. The van der Waals surface area contributed by atoms with Crippen LogP contribution in [0.1, 0.15) is 15.9 Å². The molecule has 0 aliphatic rings. The molecule has 0 bridgehead atoms. The molecule has 23 heavy (non-hydrogen) atoms. The van der Waals surface area contributed by atoms with Crippen molar-refractivity contribution in [2.75, 3.05) is 24.4 Å². The summed E-state index contributed by atoms with van der Waals surface area (Å²) in [6.07, 6.45) is 1.87. The quantitative estimate of drug-likeness (QED) is 0.456. The predicted molar refractivity (Wildman–Crippen MR) is 94.3 cm³/mol. The van der Waals surface area contributed by atoms with Gasteiger partial charge < -0.3 is 4.74 Å². The number of nitrogens with zero attached hydrogens (tertiary/aromatic N) is 2. The van der Waals surface area contributed by atoms with Gasteiger partial charge in [-0.05, 0) is 24.0 Å². The summed E-state index contributed by atoms with van der Waals surface area (Å²) in [4.78, 5) is 22.8. The van der Waals surface area contributed by atoms with Gasteiger partial charge in [0.15, 0.2) is 4.34 Å². The molecule has 122 valence electrons. The molecule has 1 amide bonds. The van der Waals surface area contributed by atoms with Crippen LogP contribution in [0.25, 0.3) is 0 Å². The van der Waals surface area contributed by atoms with Gasteiger partial charge in [-0.1, -0.05) is 35.2 Å². The minimum atomic E-state index is -0.348. The van der Waals surface area contributed by atoms with E-state index in [1.54, 1.807) is 12.1 Å². The van der Waals surface area contributed by atoms with Crippen molar-refractivity contribution < 1.29 is 14.3 Å². The van der Waals surface area contributed by atoms with Gasteiger partial charge in [-0.3, -0.25) is 10.1 Å². The van der Waals surface area contributed by atoms with Crippen LogP contribution in [-0.4, -0.2) is 41.2 Å². The molecular formula is C14H15N3O3S3. The largest absolute Gasteiger partial charge is 0.465 e. The Bertz CT molecular complexity index is 673. The highest BCUT2D eigenvalue weighted by Gasteiger charge is 2.09. The third-order valence-corrected chi connectivity index (χ3v) is 5.26. The van der Waals surface area contributed by atoms with E-state index in [2.05, 4.69) is 20.3 Å².